The highest BCUT2D eigenvalue weighted by molar-refractivity contribution is 4.88. The summed E-state index contributed by atoms with van der Waals surface area (Å²) in [5.41, 5.74) is 0. The third-order valence-corrected chi connectivity index (χ3v) is 4.13. The second-order valence-electron chi connectivity index (χ2n) is 4.39. The first-order chi connectivity index (χ1) is 5.79. The van der Waals surface area contributed by atoms with E-state index in [0.29, 0.717) is 0 Å². The van der Waals surface area contributed by atoms with Gasteiger partial charge in [-0.15, -0.1) is 0 Å². The van der Waals surface area contributed by atoms with Gasteiger partial charge in [0, 0.05) is 0 Å². The monoisotopic (exact) mass is 168 g/mol. The molecule has 0 saturated heterocycles. The summed E-state index contributed by atoms with van der Waals surface area (Å²) < 4.78 is 0. The molecule has 2 bridgehead atoms. The average Bonchev–Trinajstić information content (AvgIpc) is 2.17. The number of fused-ring (bicyclic) bond motifs is 3. The molecule has 0 amide bonds. The zero-order chi connectivity index (χ0) is 9.14. The predicted molar refractivity (Wildman–Crippen MR) is 55.1 cm³/mol. The first kappa shape index (κ1) is 10.1. The molecule has 0 radical (unpaired) electrons. The summed E-state index contributed by atoms with van der Waals surface area (Å²) >= 11 is 0. The highest BCUT2D eigenvalue weighted by Crippen LogP contribution is 2.48. The molecule has 3 fully saturated rings. The van der Waals surface area contributed by atoms with Crippen LogP contribution >= 0.6 is 0 Å². The van der Waals surface area contributed by atoms with Gasteiger partial charge in [0.15, 0.2) is 0 Å². The lowest BCUT2D eigenvalue weighted by atomic mass is 9.60. The third-order valence-electron chi connectivity index (χ3n) is 4.13. The van der Waals surface area contributed by atoms with Crippen molar-refractivity contribution in [1.29, 1.82) is 0 Å². The van der Waals surface area contributed by atoms with Crippen LogP contribution in [0.25, 0.3) is 0 Å². The highest BCUT2D eigenvalue weighted by atomic mass is 14.4. The standard InChI is InChI=1S/C10H18.C2H6/c1-7-8(2)10-5-3-9(7)4-6-10;1-2/h7-10H,3-6H2,1-2H3;1-2H3. The Balaban J connectivity index is 0.000000336. The Morgan fingerprint density at radius 1 is 0.667 bits per heavy atom. The lowest BCUT2D eigenvalue weighted by molar-refractivity contribution is 0.0455. The molecule has 3 saturated carbocycles. The third kappa shape index (κ3) is 1.67. The van der Waals surface area contributed by atoms with Gasteiger partial charge in [0.2, 0.25) is 0 Å². The lowest BCUT2D eigenvalue weighted by Crippen LogP contribution is -2.36. The molecule has 0 aromatic heterocycles. The van der Waals surface area contributed by atoms with Crippen molar-refractivity contribution >= 4 is 0 Å². The van der Waals surface area contributed by atoms with E-state index in [9.17, 15) is 0 Å². The summed E-state index contributed by atoms with van der Waals surface area (Å²) in [6, 6.07) is 0. The van der Waals surface area contributed by atoms with Crippen molar-refractivity contribution < 1.29 is 0 Å². The van der Waals surface area contributed by atoms with E-state index >= 15 is 0 Å². The van der Waals surface area contributed by atoms with Crippen LogP contribution in [0.1, 0.15) is 53.4 Å². The molecule has 2 unspecified atom stereocenters. The molecule has 0 spiro atoms. The van der Waals surface area contributed by atoms with E-state index < -0.39 is 0 Å². The zero-order valence-electron chi connectivity index (χ0n) is 9.14. The van der Waals surface area contributed by atoms with Crippen molar-refractivity contribution in [3.05, 3.63) is 0 Å². The summed E-state index contributed by atoms with van der Waals surface area (Å²) in [4.78, 5) is 0. The van der Waals surface area contributed by atoms with Gasteiger partial charge in [-0.25, -0.2) is 0 Å². The van der Waals surface area contributed by atoms with Crippen molar-refractivity contribution in [1.82, 2.24) is 0 Å². The maximum atomic E-state index is 2.46. The average molecular weight is 168 g/mol. The van der Waals surface area contributed by atoms with Crippen LogP contribution in [0.2, 0.25) is 0 Å². The van der Waals surface area contributed by atoms with Gasteiger partial charge in [-0.1, -0.05) is 27.7 Å². The van der Waals surface area contributed by atoms with Crippen molar-refractivity contribution in [2.45, 2.75) is 53.4 Å². The SMILES string of the molecule is CC.CC1C2CCC(CC2)C1C. The normalized spacial score (nSPS) is 45.0. The van der Waals surface area contributed by atoms with Crippen LogP contribution in [0, 0.1) is 23.7 Å². The van der Waals surface area contributed by atoms with E-state index in [1.165, 1.54) is 25.7 Å². The molecule has 0 N–H and O–H groups in total. The van der Waals surface area contributed by atoms with E-state index in [1.54, 1.807) is 0 Å². The fourth-order valence-electron chi connectivity index (χ4n) is 3.06. The zero-order valence-corrected chi connectivity index (χ0v) is 9.14. The second kappa shape index (κ2) is 4.30. The highest BCUT2D eigenvalue weighted by Gasteiger charge is 2.38. The Morgan fingerprint density at radius 3 is 1.08 bits per heavy atom. The van der Waals surface area contributed by atoms with Crippen LogP contribution in [-0.4, -0.2) is 0 Å². The minimum absolute atomic E-state index is 1.03. The van der Waals surface area contributed by atoms with Gasteiger partial charge in [0.1, 0.15) is 0 Å². The number of hydrogen-bond acceptors (Lipinski definition) is 0. The maximum absolute atomic E-state index is 2.46. The molecule has 3 aliphatic carbocycles. The topological polar surface area (TPSA) is 0 Å². The minimum Gasteiger partial charge on any atom is -0.0683 e. The smallest absolute Gasteiger partial charge is 0.0386 e. The summed E-state index contributed by atoms with van der Waals surface area (Å²) in [6.07, 6.45) is 6.15. The van der Waals surface area contributed by atoms with Crippen molar-refractivity contribution in [2.24, 2.45) is 23.7 Å². The molecule has 3 aliphatic rings. The molecular formula is C12H24. The van der Waals surface area contributed by atoms with Crippen molar-refractivity contribution in [3.63, 3.8) is 0 Å². The summed E-state index contributed by atoms with van der Waals surface area (Å²) in [6.45, 7) is 8.92. The maximum Gasteiger partial charge on any atom is -0.0386 e. The summed E-state index contributed by atoms with van der Waals surface area (Å²) in [5.74, 6) is 4.26. The quantitative estimate of drug-likeness (QED) is 0.511. The van der Waals surface area contributed by atoms with E-state index in [0.717, 1.165) is 23.7 Å². The first-order valence-electron chi connectivity index (χ1n) is 5.79. The molecule has 0 aromatic carbocycles. The molecule has 0 heteroatoms. The molecular weight excluding hydrogens is 144 g/mol. The van der Waals surface area contributed by atoms with Crippen molar-refractivity contribution in [3.8, 4) is 0 Å². The van der Waals surface area contributed by atoms with E-state index in [4.69, 9.17) is 0 Å². The molecule has 72 valence electrons. The fourth-order valence-corrected chi connectivity index (χ4v) is 3.06. The number of rotatable bonds is 0. The summed E-state index contributed by atoms with van der Waals surface area (Å²) in [5, 5.41) is 0. The number of hydrogen-bond donors (Lipinski definition) is 0. The molecule has 0 aromatic rings. The van der Waals surface area contributed by atoms with Crippen LogP contribution in [0.3, 0.4) is 0 Å². The van der Waals surface area contributed by atoms with Gasteiger partial charge in [0.25, 0.3) is 0 Å². The molecule has 2 atom stereocenters. The lowest BCUT2D eigenvalue weighted by Gasteiger charge is -2.46. The Morgan fingerprint density at radius 2 is 0.917 bits per heavy atom. The Labute approximate surface area is 77.7 Å². The molecule has 0 aliphatic heterocycles. The van der Waals surface area contributed by atoms with Crippen molar-refractivity contribution in [2.75, 3.05) is 0 Å². The first-order valence-corrected chi connectivity index (χ1v) is 5.79. The van der Waals surface area contributed by atoms with Crippen LogP contribution in [0.4, 0.5) is 0 Å². The predicted octanol–water partition coefficient (Wildman–Crippen LogP) is 4.10. The molecule has 0 nitrogen and oxygen atoms in total. The summed E-state index contributed by atoms with van der Waals surface area (Å²) in [7, 11) is 0. The van der Waals surface area contributed by atoms with E-state index in [1.807, 2.05) is 13.8 Å². The van der Waals surface area contributed by atoms with Gasteiger partial charge in [-0.05, 0) is 49.4 Å². The molecule has 3 rings (SSSR count). The van der Waals surface area contributed by atoms with Crippen LogP contribution in [0.5, 0.6) is 0 Å². The van der Waals surface area contributed by atoms with Gasteiger partial charge in [-0.2, -0.15) is 0 Å². The fraction of sp³-hybridized carbons (Fsp3) is 1.00. The van der Waals surface area contributed by atoms with Crippen LogP contribution in [-0.2, 0) is 0 Å². The van der Waals surface area contributed by atoms with Crippen LogP contribution < -0.4 is 0 Å². The largest absolute Gasteiger partial charge is 0.0683 e. The second-order valence-corrected chi connectivity index (χ2v) is 4.39. The Bertz CT molecular complexity index is 100. The van der Waals surface area contributed by atoms with E-state index in [-0.39, 0.29) is 0 Å². The van der Waals surface area contributed by atoms with Gasteiger partial charge in [0.05, 0.1) is 0 Å². The van der Waals surface area contributed by atoms with E-state index in [2.05, 4.69) is 13.8 Å². The van der Waals surface area contributed by atoms with Gasteiger partial charge >= 0.3 is 0 Å². The van der Waals surface area contributed by atoms with Crippen LogP contribution in [0.15, 0.2) is 0 Å². The van der Waals surface area contributed by atoms with Gasteiger partial charge in [-0.3, -0.25) is 0 Å². The Kier molecular flexibility index (Phi) is 3.61. The Hall–Kier alpha value is 0. The van der Waals surface area contributed by atoms with Gasteiger partial charge < -0.3 is 0 Å². The molecule has 12 heavy (non-hydrogen) atoms. The minimum atomic E-state index is 1.03. The molecule has 0 heterocycles.